The predicted molar refractivity (Wildman–Crippen MR) is 81.0 cm³/mol. The van der Waals surface area contributed by atoms with E-state index in [-0.39, 0.29) is 0 Å². The number of hydrogen-bond donors (Lipinski definition) is 0. The van der Waals surface area contributed by atoms with E-state index in [9.17, 15) is 4.79 Å². The molecule has 4 nitrogen and oxygen atoms in total. The van der Waals surface area contributed by atoms with Crippen molar-refractivity contribution in [2.45, 2.75) is 0 Å². The van der Waals surface area contributed by atoms with Crippen molar-refractivity contribution in [1.29, 1.82) is 0 Å². The van der Waals surface area contributed by atoms with E-state index in [1.807, 2.05) is 42.5 Å². The van der Waals surface area contributed by atoms with Crippen LogP contribution in [0, 0.1) is 0 Å². The standard InChI is InChI=1S/C17H10N2O2/c20-17-13(10-12-4-1-2-6-15(12)21-17)14-8-7-11-5-3-9-18-16(11)19-14/h1-10H. The summed E-state index contributed by atoms with van der Waals surface area (Å²) in [5.74, 6) is 0. The summed E-state index contributed by atoms with van der Waals surface area (Å²) in [5.41, 5.74) is 1.81. The van der Waals surface area contributed by atoms with Crippen LogP contribution in [0.15, 0.2) is 70.0 Å². The van der Waals surface area contributed by atoms with Gasteiger partial charge in [0.2, 0.25) is 0 Å². The zero-order chi connectivity index (χ0) is 14.2. The highest BCUT2D eigenvalue weighted by molar-refractivity contribution is 5.83. The van der Waals surface area contributed by atoms with Crippen molar-refractivity contribution in [2.75, 3.05) is 0 Å². The summed E-state index contributed by atoms with van der Waals surface area (Å²) < 4.78 is 5.34. The molecule has 21 heavy (non-hydrogen) atoms. The average Bonchev–Trinajstić information content (AvgIpc) is 2.54. The maximum absolute atomic E-state index is 12.1. The highest BCUT2D eigenvalue weighted by Gasteiger charge is 2.09. The first kappa shape index (κ1) is 11.8. The number of fused-ring (bicyclic) bond motifs is 2. The van der Waals surface area contributed by atoms with Gasteiger partial charge >= 0.3 is 5.63 Å². The van der Waals surface area contributed by atoms with Crippen molar-refractivity contribution in [2.24, 2.45) is 0 Å². The van der Waals surface area contributed by atoms with E-state index < -0.39 is 5.63 Å². The molecule has 4 rings (SSSR count). The molecule has 4 heteroatoms. The number of para-hydroxylation sites is 1. The smallest absolute Gasteiger partial charge is 0.345 e. The van der Waals surface area contributed by atoms with E-state index in [2.05, 4.69) is 9.97 Å². The Morgan fingerprint density at radius 3 is 2.71 bits per heavy atom. The second-order valence-corrected chi connectivity index (χ2v) is 4.73. The Kier molecular flexibility index (Phi) is 2.54. The summed E-state index contributed by atoms with van der Waals surface area (Å²) in [6, 6.07) is 16.7. The maximum atomic E-state index is 12.1. The maximum Gasteiger partial charge on any atom is 0.345 e. The Balaban J connectivity index is 1.99. The van der Waals surface area contributed by atoms with Gasteiger partial charge in [-0.2, -0.15) is 0 Å². The summed E-state index contributed by atoms with van der Waals surface area (Å²) in [7, 11) is 0. The van der Waals surface area contributed by atoms with Crippen LogP contribution in [-0.2, 0) is 0 Å². The Labute approximate surface area is 119 Å². The Morgan fingerprint density at radius 2 is 1.76 bits per heavy atom. The molecule has 3 aromatic heterocycles. The van der Waals surface area contributed by atoms with Crippen LogP contribution in [0.25, 0.3) is 33.3 Å². The molecule has 0 aliphatic heterocycles. The van der Waals surface area contributed by atoms with Gasteiger partial charge in [0, 0.05) is 17.0 Å². The molecule has 100 valence electrons. The molecule has 1 aromatic carbocycles. The third kappa shape index (κ3) is 1.97. The minimum atomic E-state index is -0.392. The summed E-state index contributed by atoms with van der Waals surface area (Å²) >= 11 is 0. The van der Waals surface area contributed by atoms with Crippen molar-refractivity contribution in [1.82, 2.24) is 9.97 Å². The minimum absolute atomic E-state index is 0.392. The minimum Gasteiger partial charge on any atom is -0.422 e. The highest BCUT2D eigenvalue weighted by Crippen LogP contribution is 2.21. The van der Waals surface area contributed by atoms with Gasteiger partial charge in [0.15, 0.2) is 5.65 Å². The van der Waals surface area contributed by atoms with Gasteiger partial charge in [0.1, 0.15) is 5.58 Å². The van der Waals surface area contributed by atoms with Crippen LogP contribution in [0.5, 0.6) is 0 Å². The third-order valence-electron chi connectivity index (χ3n) is 3.38. The van der Waals surface area contributed by atoms with Gasteiger partial charge in [0.05, 0.1) is 11.3 Å². The number of rotatable bonds is 1. The number of nitrogens with zero attached hydrogens (tertiary/aromatic N) is 2. The largest absolute Gasteiger partial charge is 0.422 e. The van der Waals surface area contributed by atoms with Crippen LogP contribution in [0.1, 0.15) is 0 Å². The molecular weight excluding hydrogens is 264 g/mol. The molecule has 0 aliphatic rings. The molecule has 0 radical (unpaired) electrons. The molecule has 0 saturated carbocycles. The van der Waals surface area contributed by atoms with E-state index in [1.54, 1.807) is 18.3 Å². The van der Waals surface area contributed by atoms with Crippen molar-refractivity contribution >= 4 is 22.0 Å². The molecule has 0 unspecified atom stereocenters. The van der Waals surface area contributed by atoms with E-state index in [0.717, 1.165) is 10.8 Å². The van der Waals surface area contributed by atoms with E-state index in [4.69, 9.17) is 4.42 Å². The molecule has 4 aromatic rings. The fourth-order valence-corrected chi connectivity index (χ4v) is 2.34. The lowest BCUT2D eigenvalue weighted by Crippen LogP contribution is -2.04. The van der Waals surface area contributed by atoms with Gasteiger partial charge in [-0.1, -0.05) is 18.2 Å². The first-order valence-electron chi connectivity index (χ1n) is 6.56. The molecule has 0 amide bonds. The quantitative estimate of drug-likeness (QED) is 0.499. The van der Waals surface area contributed by atoms with Crippen molar-refractivity contribution < 1.29 is 4.42 Å². The fraction of sp³-hybridized carbons (Fsp3) is 0. The Bertz CT molecular complexity index is 1020. The van der Waals surface area contributed by atoms with Crippen LogP contribution in [-0.4, -0.2) is 9.97 Å². The van der Waals surface area contributed by atoms with Crippen LogP contribution < -0.4 is 5.63 Å². The van der Waals surface area contributed by atoms with Gasteiger partial charge in [0.25, 0.3) is 0 Å². The summed E-state index contributed by atoms with van der Waals surface area (Å²) in [6.45, 7) is 0. The number of benzene rings is 1. The van der Waals surface area contributed by atoms with E-state index in [1.165, 1.54) is 0 Å². The number of pyridine rings is 2. The first-order chi connectivity index (χ1) is 10.3. The predicted octanol–water partition coefficient (Wildman–Crippen LogP) is 3.40. The second-order valence-electron chi connectivity index (χ2n) is 4.73. The molecule has 3 heterocycles. The topological polar surface area (TPSA) is 56.0 Å². The summed E-state index contributed by atoms with van der Waals surface area (Å²) in [5, 5.41) is 1.81. The fourth-order valence-electron chi connectivity index (χ4n) is 2.34. The summed E-state index contributed by atoms with van der Waals surface area (Å²) in [6.07, 6.45) is 1.68. The van der Waals surface area contributed by atoms with Gasteiger partial charge in [-0.3, -0.25) is 0 Å². The van der Waals surface area contributed by atoms with Crippen molar-refractivity contribution in [3.05, 3.63) is 71.2 Å². The van der Waals surface area contributed by atoms with Crippen molar-refractivity contribution in [3.63, 3.8) is 0 Å². The van der Waals surface area contributed by atoms with Crippen LogP contribution in [0.2, 0.25) is 0 Å². The second kappa shape index (κ2) is 4.52. The third-order valence-corrected chi connectivity index (χ3v) is 3.38. The zero-order valence-corrected chi connectivity index (χ0v) is 11.0. The number of aromatic nitrogens is 2. The Hall–Kier alpha value is -3.01. The molecule has 0 N–H and O–H groups in total. The van der Waals surface area contributed by atoms with Gasteiger partial charge in [-0.25, -0.2) is 14.8 Å². The normalized spacial score (nSPS) is 11.0. The zero-order valence-electron chi connectivity index (χ0n) is 11.0. The molecule has 0 spiro atoms. The molecule has 0 atom stereocenters. The lowest BCUT2D eigenvalue weighted by Gasteiger charge is -2.03. The SMILES string of the molecule is O=c1oc2ccccc2cc1-c1ccc2cccnc2n1. The Morgan fingerprint density at radius 1 is 0.905 bits per heavy atom. The lowest BCUT2D eigenvalue weighted by atomic mass is 10.1. The lowest BCUT2D eigenvalue weighted by molar-refractivity contribution is 0.563. The van der Waals surface area contributed by atoms with Crippen LogP contribution in [0.3, 0.4) is 0 Å². The van der Waals surface area contributed by atoms with E-state index in [0.29, 0.717) is 22.5 Å². The average molecular weight is 274 g/mol. The molecule has 0 fully saturated rings. The molecule has 0 saturated heterocycles. The van der Waals surface area contributed by atoms with Gasteiger partial charge in [-0.15, -0.1) is 0 Å². The van der Waals surface area contributed by atoms with Crippen molar-refractivity contribution in [3.8, 4) is 11.3 Å². The number of hydrogen-bond acceptors (Lipinski definition) is 4. The van der Waals surface area contributed by atoms with Crippen LogP contribution in [0.4, 0.5) is 0 Å². The van der Waals surface area contributed by atoms with Gasteiger partial charge < -0.3 is 4.42 Å². The monoisotopic (exact) mass is 274 g/mol. The summed E-state index contributed by atoms with van der Waals surface area (Å²) in [4.78, 5) is 20.8. The van der Waals surface area contributed by atoms with Gasteiger partial charge in [-0.05, 0) is 36.4 Å². The van der Waals surface area contributed by atoms with E-state index >= 15 is 0 Å². The van der Waals surface area contributed by atoms with Crippen LogP contribution >= 0.6 is 0 Å². The molecule has 0 aliphatic carbocycles. The highest BCUT2D eigenvalue weighted by atomic mass is 16.4. The first-order valence-corrected chi connectivity index (χ1v) is 6.56. The molecular formula is C17H10N2O2. The molecule has 0 bridgehead atoms.